The summed E-state index contributed by atoms with van der Waals surface area (Å²) in [5.74, 6) is -2.02. The molecule has 9 nitrogen and oxygen atoms in total. The molecule has 3 aromatic rings. The zero-order chi connectivity index (χ0) is 28.8. The number of carbonyl (C=O) groups excluding carboxylic acids is 2. The Morgan fingerprint density at radius 2 is 1.62 bits per heavy atom. The first-order valence-corrected chi connectivity index (χ1v) is 13.2. The molecule has 1 heterocycles. The van der Waals surface area contributed by atoms with Gasteiger partial charge in [-0.2, -0.15) is 0 Å². The highest BCUT2D eigenvalue weighted by Gasteiger charge is 2.69. The van der Waals surface area contributed by atoms with Gasteiger partial charge in [0.1, 0.15) is 16.8 Å². The Balaban J connectivity index is 1.78. The first-order valence-electron chi connectivity index (χ1n) is 13.2. The number of para-hydroxylation sites is 1. The van der Waals surface area contributed by atoms with E-state index in [0.717, 1.165) is 4.90 Å². The fourth-order valence-electron chi connectivity index (χ4n) is 6.39. The van der Waals surface area contributed by atoms with Gasteiger partial charge in [-0.1, -0.05) is 60.7 Å². The lowest BCUT2D eigenvalue weighted by atomic mass is 9.54. The molecule has 5 atom stereocenters. The Hall–Kier alpha value is -4.24. The molecule has 1 aliphatic carbocycles. The van der Waals surface area contributed by atoms with Crippen LogP contribution in [0.1, 0.15) is 55.7 Å². The Morgan fingerprint density at radius 1 is 1.00 bits per heavy atom. The third-order valence-electron chi connectivity index (χ3n) is 7.92. The maximum Gasteiger partial charge on any atom is 0.421 e. The minimum Gasteiger partial charge on any atom is -0.497 e. The van der Waals surface area contributed by atoms with Crippen molar-refractivity contribution in [1.29, 1.82) is 0 Å². The molecule has 1 saturated carbocycles. The van der Waals surface area contributed by atoms with Crippen molar-refractivity contribution in [3.05, 3.63) is 106 Å². The topological polar surface area (TPSA) is 119 Å². The number of amides is 2. The third kappa shape index (κ3) is 4.30. The molecule has 9 heteroatoms. The number of nitrogens with zero attached hydrogens (tertiary/aromatic N) is 2. The van der Waals surface area contributed by atoms with E-state index in [1.54, 1.807) is 93.6 Å². The van der Waals surface area contributed by atoms with Crippen molar-refractivity contribution < 1.29 is 29.1 Å². The predicted octanol–water partition coefficient (Wildman–Crippen LogP) is 5.19. The molecule has 5 rings (SSSR count). The highest BCUT2D eigenvalue weighted by molar-refractivity contribution is 6.22. The van der Waals surface area contributed by atoms with Crippen molar-refractivity contribution in [2.45, 2.75) is 62.2 Å². The van der Waals surface area contributed by atoms with E-state index >= 15 is 0 Å². The number of aliphatic hydroxyl groups is 1. The van der Waals surface area contributed by atoms with Gasteiger partial charge in [-0.25, -0.2) is 9.69 Å². The van der Waals surface area contributed by atoms with Crippen molar-refractivity contribution in [1.82, 2.24) is 0 Å². The first-order chi connectivity index (χ1) is 19.0. The van der Waals surface area contributed by atoms with E-state index in [2.05, 4.69) is 0 Å². The molecule has 1 spiro atoms. The number of fused-ring (bicyclic) bond motifs is 2. The molecule has 2 amide bonds. The van der Waals surface area contributed by atoms with Gasteiger partial charge in [-0.3, -0.25) is 14.9 Å². The van der Waals surface area contributed by atoms with Crippen molar-refractivity contribution in [3.8, 4) is 5.75 Å². The smallest absolute Gasteiger partial charge is 0.421 e. The van der Waals surface area contributed by atoms with E-state index < -0.39 is 47.0 Å². The van der Waals surface area contributed by atoms with Crippen LogP contribution >= 0.6 is 0 Å². The third-order valence-corrected chi connectivity index (χ3v) is 7.92. The molecule has 2 aliphatic rings. The highest BCUT2D eigenvalue weighted by Crippen LogP contribution is 2.60. The zero-order valence-corrected chi connectivity index (χ0v) is 22.8. The van der Waals surface area contributed by atoms with E-state index in [1.165, 1.54) is 7.11 Å². The van der Waals surface area contributed by atoms with Crippen LogP contribution in [0.15, 0.2) is 78.9 Å². The van der Waals surface area contributed by atoms with Crippen molar-refractivity contribution in [3.63, 3.8) is 0 Å². The number of benzene rings is 3. The molecule has 1 aliphatic heterocycles. The number of imide groups is 1. The molecule has 208 valence electrons. The van der Waals surface area contributed by atoms with Crippen molar-refractivity contribution >= 4 is 17.7 Å². The van der Waals surface area contributed by atoms with Crippen LogP contribution in [0.2, 0.25) is 0 Å². The summed E-state index contributed by atoms with van der Waals surface area (Å²) >= 11 is 0. The molecule has 0 aromatic heterocycles. The summed E-state index contributed by atoms with van der Waals surface area (Å²) in [6.07, 6.45) is -2.29. The standard InChI is InChI=1S/C31H32N2O7/c1-30(2,3)40-29(36)32-24-13-9-8-12-23(24)31(28(32)35)25(34)18-22(19-10-6-5-7-11-19)27(33(37)38)26(31)20-14-16-21(39-4)17-15-20/h5-17,22,25-27,34H,18H2,1-4H3/t22-,25+,26-,27+,31+/m0/s1. The van der Waals surface area contributed by atoms with Crippen molar-refractivity contribution in [2.24, 2.45) is 0 Å². The van der Waals surface area contributed by atoms with Crippen LogP contribution in [-0.2, 0) is 14.9 Å². The summed E-state index contributed by atoms with van der Waals surface area (Å²) in [5.41, 5.74) is -0.928. The zero-order valence-electron chi connectivity index (χ0n) is 22.8. The second-order valence-electron chi connectivity index (χ2n) is 11.3. The number of nitro groups is 1. The van der Waals surface area contributed by atoms with E-state index in [9.17, 15) is 24.8 Å². The number of hydrogen-bond acceptors (Lipinski definition) is 7. The number of carbonyl (C=O) groups is 2. The van der Waals surface area contributed by atoms with Crippen LogP contribution in [0.5, 0.6) is 5.75 Å². The quantitative estimate of drug-likeness (QED) is 0.354. The van der Waals surface area contributed by atoms with Gasteiger partial charge < -0.3 is 14.6 Å². The lowest BCUT2D eigenvalue weighted by Gasteiger charge is -2.47. The number of aliphatic hydroxyl groups excluding tert-OH is 1. The number of rotatable bonds is 4. The van der Waals surface area contributed by atoms with Gasteiger partial charge in [0.15, 0.2) is 0 Å². The van der Waals surface area contributed by atoms with Gasteiger partial charge in [0.2, 0.25) is 6.04 Å². The molecule has 1 fully saturated rings. The fraction of sp³-hybridized carbons (Fsp3) is 0.355. The van der Waals surface area contributed by atoms with Crippen LogP contribution < -0.4 is 9.64 Å². The second kappa shape index (κ2) is 10.1. The van der Waals surface area contributed by atoms with Gasteiger partial charge in [0.05, 0.1) is 30.7 Å². The normalized spacial score (nSPS) is 25.9. The second-order valence-corrected chi connectivity index (χ2v) is 11.3. The maximum absolute atomic E-state index is 14.6. The largest absolute Gasteiger partial charge is 0.497 e. The molecular weight excluding hydrogens is 512 g/mol. The van der Waals surface area contributed by atoms with Gasteiger partial charge >= 0.3 is 6.09 Å². The molecule has 40 heavy (non-hydrogen) atoms. The number of anilines is 1. The van der Waals surface area contributed by atoms with Gasteiger partial charge in [0, 0.05) is 4.92 Å². The highest BCUT2D eigenvalue weighted by atomic mass is 16.6. The van der Waals surface area contributed by atoms with E-state index in [0.29, 0.717) is 22.4 Å². The average Bonchev–Trinajstić information content (AvgIpc) is 3.18. The Bertz CT molecular complexity index is 1430. The SMILES string of the molecule is COc1ccc([C@H]2[C@H]([N+](=O)[O-])[C@H](c3ccccc3)C[C@@H](O)[C@@]23C(=O)N(C(=O)OC(C)(C)C)c2ccccc23)cc1. The molecule has 0 saturated heterocycles. The number of hydrogen-bond donors (Lipinski definition) is 1. The molecule has 0 bridgehead atoms. The fourth-order valence-corrected chi connectivity index (χ4v) is 6.39. The van der Waals surface area contributed by atoms with E-state index in [4.69, 9.17) is 9.47 Å². The minimum atomic E-state index is -1.81. The number of methoxy groups -OCH3 is 1. The number of ether oxygens (including phenoxy) is 2. The molecule has 0 radical (unpaired) electrons. The van der Waals surface area contributed by atoms with Crippen LogP contribution in [-0.4, -0.2) is 46.9 Å². The van der Waals surface area contributed by atoms with Crippen LogP contribution in [0.4, 0.5) is 10.5 Å². The Kier molecular flexibility index (Phi) is 6.87. The summed E-state index contributed by atoms with van der Waals surface area (Å²) in [7, 11) is 1.52. The monoisotopic (exact) mass is 544 g/mol. The summed E-state index contributed by atoms with van der Waals surface area (Å²) in [6, 6.07) is 21.1. The van der Waals surface area contributed by atoms with E-state index in [-0.39, 0.29) is 17.0 Å². The maximum atomic E-state index is 14.6. The van der Waals surface area contributed by atoms with Crippen LogP contribution in [0.3, 0.4) is 0 Å². The van der Waals surface area contributed by atoms with Crippen LogP contribution in [0, 0.1) is 10.1 Å². The van der Waals surface area contributed by atoms with Gasteiger partial charge in [-0.15, -0.1) is 0 Å². The van der Waals surface area contributed by atoms with Gasteiger partial charge in [0.25, 0.3) is 5.91 Å². The molecular formula is C31H32N2O7. The summed E-state index contributed by atoms with van der Waals surface area (Å²) in [4.78, 5) is 41.6. The predicted molar refractivity (Wildman–Crippen MR) is 148 cm³/mol. The molecule has 3 aromatic carbocycles. The van der Waals surface area contributed by atoms with E-state index in [1.807, 2.05) is 6.07 Å². The molecule has 0 unspecified atom stereocenters. The Labute approximate surface area is 232 Å². The minimum absolute atomic E-state index is 0.0510. The Morgan fingerprint density at radius 3 is 2.23 bits per heavy atom. The first kappa shape index (κ1) is 27.3. The summed E-state index contributed by atoms with van der Waals surface area (Å²) in [5, 5.41) is 25.0. The van der Waals surface area contributed by atoms with Crippen molar-refractivity contribution in [2.75, 3.05) is 12.0 Å². The summed E-state index contributed by atoms with van der Waals surface area (Å²) < 4.78 is 10.9. The molecule has 1 N–H and O–H groups in total. The lowest BCUT2D eigenvalue weighted by molar-refractivity contribution is -0.537. The summed E-state index contributed by atoms with van der Waals surface area (Å²) in [6.45, 7) is 5.07. The average molecular weight is 545 g/mol. The van der Waals surface area contributed by atoms with Crippen LogP contribution in [0.25, 0.3) is 0 Å². The van der Waals surface area contributed by atoms with Gasteiger partial charge in [-0.05, 0) is 62.1 Å². The lowest BCUT2D eigenvalue weighted by Crippen LogP contribution is -2.62.